The summed E-state index contributed by atoms with van der Waals surface area (Å²) in [5, 5.41) is 12.1. The van der Waals surface area contributed by atoms with Crippen molar-refractivity contribution in [1.29, 1.82) is 0 Å². The van der Waals surface area contributed by atoms with Gasteiger partial charge in [0.2, 0.25) is 0 Å². The van der Waals surface area contributed by atoms with Gasteiger partial charge in [0.1, 0.15) is 0 Å². The molecule has 0 fully saturated rings. The van der Waals surface area contributed by atoms with Crippen LogP contribution in [0, 0.1) is 13.8 Å². The predicted octanol–water partition coefficient (Wildman–Crippen LogP) is 1.56. The molecule has 0 spiro atoms. The van der Waals surface area contributed by atoms with Crippen LogP contribution in [0.2, 0.25) is 0 Å². The number of likely N-dealkylation sites (N-methyl/N-ethyl adjacent to an activating group) is 1. The lowest BCUT2D eigenvalue weighted by Gasteiger charge is -2.14. The van der Waals surface area contributed by atoms with Crippen molar-refractivity contribution in [2.24, 2.45) is 0 Å². The van der Waals surface area contributed by atoms with E-state index in [1.807, 2.05) is 7.05 Å². The summed E-state index contributed by atoms with van der Waals surface area (Å²) in [6.07, 6.45) is 0. The smallest absolute Gasteiger partial charge is 0.0626 e. The van der Waals surface area contributed by atoms with Gasteiger partial charge in [-0.2, -0.15) is 0 Å². The highest BCUT2D eigenvalue weighted by Crippen LogP contribution is 2.16. The molecule has 0 aliphatic carbocycles. The molecule has 0 aromatic heterocycles. The van der Waals surface area contributed by atoms with Crippen molar-refractivity contribution < 1.29 is 5.11 Å². The van der Waals surface area contributed by atoms with E-state index in [0.29, 0.717) is 0 Å². The fraction of sp³-hybridized carbons (Fsp3) is 0.455. The Bertz CT molecular complexity index is 279. The SMILES string of the molecule is CN[C@@H](CO)c1ccc(C)c(C)c1. The first-order valence-electron chi connectivity index (χ1n) is 4.54. The molecule has 0 saturated carbocycles. The summed E-state index contributed by atoms with van der Waals surface area (Å²) < 4.78 is 0. The Kier molecular flexibility index (Phi) is 3.46. The van der Waals surface area contributed by atoms with Gasteiger partial charge in [-0.05, 0) is 37.6 Å². The van der Waals surface area contributed by atoms with Crippen molar-refractivity contribution in [3.63, 3.8) is 0 Å². The molecule has 72 valence electrons. The second-order valence-corrected chi connectivity index (χ2v) is 3.37. The van der Waals surface area contributed by atoms with Crippen LogP contribution in [0.3, 0.4) is 0 Å². The number of nitrogens with one attached hydrogen (secondary N) is 1. The third-order valence-corrected chi connectivity index (χ3v) is 2.46. The maximum Gasteiger partial charge on any atom is 0.0626 e. The highest BCUT2D eigenvalue weighted by Gasteiger charge is 2.07. The Morgan fingerprint density at radius 1 is 1.31 bits per heavy atom. The third kappa shape index (κ3) is 2.29. The molecule has 0 radical (unpaired) electrons. The van der Waals surface area contributed by atoms with Gasteiger partial charge in [-0.1, -0.05) is 18.2 Å². The molecule has 1 atom stereocenters. The maximum absolute atomic E-state index is 9.08. The van der Waals surface area contributed by atoms with E-state index in [0.717, 1.165) is 5.56 Å². The van der Waals surface area contributed by atoms with Crippen LogP contribution in [-0.2, 0) is 0 Å². The van der Waals surface area contributed by atoms with Gasteiger partial charge in [0, 0.05) is 0 Å². The Morgan fingerprint density at radius 2 is 2.00 bits per heavy atom. The van der Waals surface area contributed by atoms with Gasteiger partial charge < -0.3 is 10.4 Å². The Hall–Kier alpha value is -0.860. The molecule has 0 unspecified atom stereocenters. The molecule has 1 aromatic carbocycles. The molecule has 2 N–H and O–H groups in total. The topological polar surface area (TPSA) is 32.3 Å². The van der Waals surface area contributed by atoms with Crippen LogP contribution >= 0.6 is 0 Å². The van der Waals surface area contributed by atoms with Gasteiger partial charge in [0.25, 0.3) is 0 Å². The van der Waals surface area contributed by atoms with Crippen LogP contribution in [0.4, 0.5) is 0 Å². The van der Waals surface area contributed by atoms with E-state index in [2.05, 4.69) is 37.4 Å². The molecule has 1 rings (SSSR count). The Balaban J connectivity index is 2.95. The number of rotatable bonds is 3. The normalized spacial score (nSPS) is 12.9. The van der Waals surface area contributed by atoms with E-state index in [4.69, 9.17) is 5.11 Å². The molecular weight excluding hydrogens is 162 g/mol. The van der Waals surface area contributed by atoms with Gasteiger partial charge >= 0.3 is 0 Å². The summed E-state index contributed by atoms with van der Waals surface area (Å²) in [4.78, 5) is 0. The second-order valence-electron chi connectivity index (χ2n) is 3.37. The first-order chi connectivity index (χ1) is 6.19. The van der Waals surface area contributed by atoms with Crippen molar-refractivity contribution in [2.45, 2.75) is 19.9 Å². The van der Waals surface area contributed by atoms with Gasteiger partial charge in [0.15, 0.2) is 0 Å². The average Bonchev–Trinajstić information content (AvgIpc) is 2.13. The van der Waals surface area contributed by atoms with Crippen molar-refractivity contribution in [3.8, 4) is 0 Å². The summed E-state index contributed by atoms with van der Waals surface area (Å²) in [6, 6.07) is 6.32. The zero-order valence-corrected chi connectivity index (χ0v) is 8.46. The van der Waals surface area contributed by atoms with Crippen molar-refractivity contribution in [1.82, 2.24) is 5.32 Å². The summed E-state index contributed by atoms with van der Waals surface area (Å²) in [7, 11) is 1.86. The molecule has 2 heteroatoms. The lowest BCUT2D eigenvalue weighted by molar-refractivity contribution is 0.251. The molecule has 1 aromatic rings. The van der Waals surface area contributed by atoms with Gasteiger partial charge in [-0.25, -0.2) is 0 Å². The van der Waals surface area contributed by atoms with E-state index in [9.17, 15) is 0 Å². The quantitative estimate of drug-likeness (QED) is 0.738. The van der Waals surface area contributed by atoms with Crippen LogP contribution in [0.25, 0.3) is 0 Å². The van der Waals surface area contributed by atoms with Crippen molar-refractivity contribution in [3.05, 3.63) is 34.9 Å². The first kappa shape index (κ1) is 10.2. The number of aryl methyl sites for hydroxylation is 2. The summed E-state index contributed by atoms with van der Waals surface area (Å²) in [5.41, 5.74) is 3.70. The van der Waals surface area contributed by atoms with Gasteiger partial charge in [0.05, 0.1) is 12.6 Å². The largest absolute Gasteiger partial charge is 0.394 e. The molecule has 0 aliphatic rings. The molecule has 2 nitrogen and oxygen atoms in total. The van der Waals surface area contributed by atoms with E-state index in [1.54, 1.807) is 0 Å². The summed E-state index contributed by atoms with van der Waals surface area (Å²) in [5.74, 6) is 0. The molecular formula is C11H17NO. The van der Waals surface area contributed by atoms with Crippen LogP contribution in [0.15, 0.2) is 18.2 Å². The number of aliphatic hydroxyl groups excluding tert-OH is 1. The minimum absolute atomic E-state index is 0.0549. The number of aliphatic hydroxyl groups is 1. The second kappa shape index (κ2) is 4.40. The monoisotopic (exact) mass is 179 g/mol. The predicted molar refractivity (Wildman–Crippen MR) is 54.8 cm³/mol. The van der Waals surface area contributed by atoms with E-state index < -0.39 is 0 Å². The molecule has 13 heavy (non-hydrogen) atoms. The minimum atomic E-state index is 0.0549. The van der Waals surface area contributed by atoms with Crippen molar-refractivity contribution in [2.75, 3.05) is 13.7 Å². The zero-order valence-electron chi connectivity index (χ0n) is 8.46. The van der Waals surface area contributed by atoms with Crippen LogP contribution in [0.5, 0.6) is 0 Å². The van der Waals surface area contributed by atoms with E-state index >= 15 is 0 Å². The summed E-state index contributed by atoms with van der Waals surface area (Å²) >= 11 is 0. The molecule has 0 bridgehead atoms. The zero-order chi connectivity index (χ0) is 9.84. The van der Waals surface area contributed by atoms with E-state index in [1.165, 1.54) is 11.1 Å². The number of hydrogen-bond donors (Lipinski definition) is 2. The highest BCUT2D eigenvalue weighted by molar-refractivity contribution is 5.31. The molecule has 0 aliphatic heterocycles. The lowest BCUT2D eigenvalue weighted by Crippen LogP contribution is -2.19. The molecule has 0 saturated heterocycles. The fourth-order valence-electron chi connectivity index (χ4n) is 1.34. The fourth-order valence-corrected chi connectivity index (χ4v) is 1.34. The molecule has 0 heterocycles. The Labute approximate surface area is 79.6 Å². The highest BCUT2D eigenvalue weighted by atomic mass is 16.3. The molecule has 0 amide bonds. The van der Waals surface area contributed by atoms with Gasteiger partial charge in [-0.15, -0.1) is 0 Å². The van der Waals surface area contributed by atoms with Crippen LogP contribution in [-0.4, -0.2) is 18.8 Å². The lowest BCUT2D eigenvalue weighted by atomic mass is 10.0. The van der Waals surface area contributed by atoms with Crippen LogP contribution in [0.1, 0.15) is 22.7 Å². The van der Waals surface area contributed by atoms with Gasteiger partial charge in [-0.3, -0.25) is 0 Å². The number of benzene rings is 1. The minimum Gasteiger partial charge on any atom is -0.394 e. The third-order valence-electron chi connectivity index (χ3n) is 2.46. The number of hydrogen-bond acceptors (Lipinski definition) is 2. The Morgan fingerprint density at radius 3 is 2.46 bits per heavy atom. The summed E-state index contributed by atoms with van der Waals surface area (Å²) in [6.45, 7) is 4.31. The van der Waals surface area contributed by atoms with E-state index in [-0.39, 0.29) is 12.6 Å². The average molecular weight is 179 g/mol. The van der Waals surface area contributed by atoms with Crippen molar-refractivity contribution >= 4 is 0 Å². The standard InChI is InChI=1S/C11H17NO/c1-8-4-5-10(6-9(8)2)11(7-13)12-3/h4-6,11-13H,7H2,1-3H3/t11-/m0/s1. The first-order valence-corrected chi connectivity index (χ1v) is 4.54. The maximum atomic E-state index is 9.08. The van der Waals surface area contributed by atoms with Crippen LogP contribution < -0.4 is 5.32 Å².